The number of aromatic nitrogens is 2. The molecule has 0 aliphatic carbocycles. The highest BCUT2D eigenvalue weighted by Crippen LogP contribution is 2.10. The lowest BCUT2D eigenvalue weighted by atomic mass is 10.1. The lowest BCUT2D eigenvalue weighted by molar-refractivity contribution is 0.248. The third kappa shape index (κ3) is 5.29. The van der Waals surface area contributed by atoms with Gasteiger partial charge in [-0.25, -0.2) is 4.79 Å². The second-order valence-corrected chi connectivity index (χ2v) is 6.34. The molecule has 3 rings (SSSR count). The summed E-state index contributed by atoms with van der Waals surface area (Å²) in [6.45, 7) is 3.15. The van der Waals surface area contributed by atoms with E-state index in [9.17, 15) is 9.59 Å². The minimum Gasteiger partial charge on any atom is -0.301 e. The number of nitrogens with one attached hydrogen (secondary N) is 1. The predicted molar refractivity (Wildman–Crippen MR) is 103 cm³/mol. The first-order valence-corrected chi connectivity index (χ1v) is 8.81. The van der Waals surface area contributed by atoms with E-state index >= 15 is 0 Å². The van der Waals surface area contributed by atoms with Crippen molar-refractivity contribution in [3.8, 4) is 0 Å². The average molecular weight is 349 g/mol. The van der Waals surface area contributed by atoms with Crippen molar-refractivity contribution < 1.29 is 0 Å². The van der Waals surface area contributed by atoms with E-state index < -0.39 is 0 Å². The molecule has 0 bridgehead atoms. The lowest BCUT2D eigenvalue weighted by Gasteiger charge is -2.23. The van der Waals surface area contributed by atoms with E-state index in [4.69, 9.17) is 0 Å². The van der Waals surface area contributed by atoms with Crippen LogP contribution in [0.5, 0.6) is 0 Å². The number of nitrogens with zero attached hydrogens (tertiary/aromatic N) is 2. The fourth-order valence-electron chi connectivity index (χ4n) is 2.98. The molecule has 1 aromatic heterocycles. The van der Waals surface area contributed by atoms with Crippen LogP contribution in [-0.4, -0.2) is 21.0 Å². The molecule has 1 N–H and O–H groups in total. The first-order chi connectivity index (χ1) is 12.7. The molecule has 0 radical (unpaired) electrons. The van der Waals surface area contributed by atoms with Crippen LogP contribution in [0.2, 0.25) is 0 Å². The maximum Gasteiger partial charge on any atom is 0.328 e. The molecule has 1 heterocycles. The van der Waals surface area contributed by atoms with Gasteiger partial charge >= 0.3 is 5.69 Å². The molecule has 0 atom stereocenters. The van der Waals surface area contributed by atoms with Crippen LogP contribution in [0.15, 0.2) is 82.5 Å². The zero-order valence-electron chi connectivity index (χ0n) is 14.7. The Balaban J connectivity index is 1.64. The van der Waals surface area contributed by atoms with Crippen LogP contribution in [0, 0.1) is 0 Å². The Bertz CT molecular complexity index is 875. The van der Waals surface area contributed by atoms with Crippen molar-refractivity contribution >= 4 is 0 Å². The normalized spacial score (nSPS) is 11.0. The fraction of sp³-hybridized carbons (Fsp3) is 0.238. The Labute approximate surface area is 152 Å². The second-order valence-electron chi connectivity index (χ2n) is 6.34. The minimum absolute atomic E-state index is 0.352. The molecule has 3 aromatic rings. The van der Waals surface area contributed by atoms with E-state index in [2.05, 4.69) is 58.4 Å². The van der Waals surface area contributed by atoms with Gasteiger partial charge in [-0.2, -0.15) is 0 Å². The topological polar surface area (TPSA) is 58.1 Å². The molecular formula is C21H23N3O2. The summed E-state index contributed by atoms with van der Waals surface area (Å²) in [7, 11) is 0. The Hall–Kier alpha value is -2.92. The van der Waals surface area contributed by atoms with Crippen LogP contribution in [0.1, 0.15) is 17.5 Å². The molecule has 0 unspecified atom stereocenters. The van der Waals surface area contributed by atoms with Gasteiger partial charge in [0.2, 0.25) is 0 Å². The van der Waals surface area contributed by atoms with E-state index in [0.717, 1.165) is 26.1 Å². The molecule has 134 valence electrons. The van der Waals surface area contributed by atoms with Crippen LogP contribution >= 0.6 is 0 Å². The summed E-state index contributed by atoms with van der Waals surface area (Å²) in [6, 6.07) is 22.1. The number of rotatable bonds is 8. The Morgan fingerprint density at radius 1 is 0.808 bits per heavy atom. The predicted octanol–water partition coefficient (Wildman–Crippen LogP) is 2.63. The van der Waals surface area contributed by atoms with E-state index in [1.54, 1.807) is 10.8 Å². The molecule has 0 fully saturated rings. The molecular weight excluding hydrogens is 326 g/mol. The number of hydrogen-bond acceptors (Lipinski definition) is 3. The first-order valence-electron chi connectivity index (χ1n) is 8.81. The van der Waals surface area contributed by atoms with Crippen molar-refractivity contribution in [2.24, 2.45) is 0 Å². The minimum atomic E-state index is -0.360. The SMILES string of the molecule is O=c1ccn(CCCN(Cc2ccccc2)Cc2ccccc2)c(=O)[nH]1. The lowest BCUT2D eigenvalue weighted by Crippen LogP contribution is -2.30. The summed E-state index contributed by atoms with van der Waals surface area (Å²) in [5, 5.41) is 0. The largest absolute Gasteiger partial charge is 0.328 e. The van der Waals surface area contributed by atoms with E-state index in [1.165, 1.54) is 17.2 Å². The van der Waals surface area contributed by atoms with Gasteiger partial charge in [0.25, 0.3) is 5.56 Å². The van der Waals surface area contributed by atoms with Crippen molar-refractivity contribution in [3.05, 3.63) is 105 Å². The summed E-state index contributed by atoms with van der Waals surface area (Å²) in [5.41, 5.74) is 1.82. The quantitative estimate of drug-likeness (QED) is 0.680. The van der Waals surface area contributed by atoms with Gasteiger partial charge in [-0.15, -0.1) is 0 Å². The molecule has 26 heavy (non-hydrogen) atoms. The monoisotopic (exact) mass is 349 g/mol. The molecule has 0 spiro atoms. The fourth-order valence-corrected chi connectivity index (χ4v) is 2.98. The summed E-state index contributed by atoms with van der Waals surface area (Å²) in [5.74, 6) is 0. The van der Waals surface area contributed by atoms with Gasteiger partial charge in [-0.05, 0) is 17.5 Å². The van der Waals surface area contributed by atoms with Crippen molar-refractivity contribution in [3.63, 3.8) is 0 Å². The molecule has 2 aromatic carbocycles. The van der Waals surface area contributed by atoms with Crippen LogP contribution < -0.4 is 11.2 Å². The molecule has 0 amide bonds. The van der Waals surface area contributed by atoms with Gasteiger partial charge in [-0.1, -0.05) is 60.7 Å². The highest BCUT2D eigenvalue weighted by Gasteiger charge is 2.08. The molecule has 0 aliphatic heterocycles. The zero-order valence-corrected chi connectivity index (χ0v) is 14.7. The van der Waals surface area contributed by atoms with Crippen LogP contribution in [0.25, 0.3) is 0 Å². The van der Waals surface area contributed by atoms with E-state index in [-0.39, 0.29) is 11.2 Å². The van der Waals surface area contributed by atoms with Gasteiger partial charge in [-0.3, -0.25) is 14.7 Å². The van der Waals surface area contributed by atoms with Crippen molar-refractivity contribution in [1.29, 1.82) is 0 Å². The number of H-pyrrole nitrogens is 1. The van der Waals surface area contributed by atoms with Crippen LogP contribution in [-0.2, 0) is 19.6 Å². The van der Waals surface area contributed by atoms with Gasteiger partial charge < -0.3 is 4.57 Å². The van der Waals surface area contributed by atoms with Gasteiger partial charge in [0.05, 0.1) is 0 Å². The third-order valence-corrected chi connectivity index (χ3v) is 4.27. The van der Waals surface area contributed by atoms with E-state index in [1.807, 2.05) is 12.1 Å². The highest BCUT2D eigenvalue weighted by atomic mass is 16.2. The molecule has 5 nitrogen and oxygen atoms in total. The number of hydrogen-bond donors (Lipinski definition) is 1. The smallest absolute Gasteiger partial charge is 0.301 e. The summed E-state index contributed by atoms with van der Waals surface area (Å²) >= 11 is 0. The van der Waals surface area contributed by atoms with Crippen LogP contribution in [0.4, 0.5) is 0 Å². The Kier molecular flexibility index (Phi) is 6.17. The summed E-state index contributed by atoms with van der Waals surface area (Å²) in [4.78, 5) is 27.6. The van der Waals surface area contributed by atoms with Crippen molar-refractivity contribution in [2.45, 2.75) is 26.1 Å². The van der Waals surface area contributed by atoms with Crippen molar-refractivity contribution in [2.75, 3.05) is 6.54 Å². The third-order valence-electron chi connectivity index (χ3n) is 4.27. The number of aromatic amines is 1. The molecule has 0 saturated carbocycles. The van der Waals surface area contributed by atoms with Gasteiger partial charge in [0, 0.05) is 38.4 Å². The number of aryl methyl sites for hydroxylation is 1. The average Bonchev–Trinajstić information content (AvgIpc) is 2.65. The van der Waals surface area contributed by atoms with Gasteiger partial charge in [0.15, 0.2) is 0 Å². The Morgan fingerprint density at radius 2 is 1.38 bits per heavy atom. The summed E-state index contributed by atoms with van der Waals surface area (Å²) < 4.78 is 1.55. The molecule has 5 heteroatoms. The highest BCUT2D eigenvalue weighted by molar-refractivity contribution is 5.17. The summed E-state index contributed by atoms with van der Waals surface area (Å²) in [6.07, 6.45) is 2.38. The van der Waals surface area contributed by atoms with E-state index in [0.29, 0.717) is 6.54 Å². The second kappa shape index (κ2) is 8.97. The standard InChI is InChI=1S/C21H23N3O2/c25-20-12-15-24(21(26)22-20)14-7-13-23(16-18-8-3-1-4-9-18)17-19-10-5-2-6-11-19/h1-6,8-12,15H,7,13-14,16-17H2,(H,22,25,26). The molecule has 0 aliphatic rings. The maximum absolute atomic E-state index is 11.8. The first kappa shape index (κ1) is 17.9. The molecule has 0 saturated heterocycles. The maximum atomic E-state index is 11.8. The van der Waals surface area contributed by atoms with Gasteiger partial charge in [0.1, 0.15) is 0 Å². The van der Waals surface area contributed by atoms with Crippen LogP contribution in [0.3, 0.4) is 0 Å². The number of benzene rings is 2. The Morgan fingerprint density at radius 3 is 1.92 bits per heavy atom. The van der Waals surface area contributed by atoms with Crippen molar-refractivity contribution in [1.82, 2.24) is 14.5 Å². The zero-order chi connectivity index (χ0) is 18.2.